The quantitative estimate of drug-likeness (QED) is 0.853. The fourth-order valence-corrected chi connectivity index (χ4v) is 2.80. The second-order valence-corrected chi connectivity index (χ2v) is 5.96. The van der Waals surface area contributed by atoms with Crippen LogP contribution in [0.1, 0.15) is 35.5 Å². The highest BCUT2D eigenvalue weighted by Gasteiger charge is 2.17. The molecule has 5 heteroatoms. The van der Waals surface area contributed by atoms with Gasteiger partial charge in [-0.15, -0.1) is 0 Å². The number of aryl methyl sites for hydroxylation is 1. The molecule has 126 valence electrons. The zero-order valence-electron chi connectivity index (χ0n) is 14.7. The van der Waals surface area contributed by atoms with E-state index in [1.54, 1.807) is 7.11 Å². The van der Waals surface area contributed by atoms with Gasteiger partial charge in [0.05, 0.1) is 26.0 Å². The standard InChI is InChI=1S/C18H27N3O2/c1-13-18(15(3)21(19-13)10-11-22)12-20(4)14(2)16-6-8-17(23-5)9-7-16/h6-9,14,22H,10-12H2,1-5H3. The summed E-state index contributed by atoms with van der Waals surface area (Å²) >= 11 is 0. The maximum atomic E-state index is 9.12. The molecule has 0 saturated carbocycles. The molecule has 0 fully saturated rings. The average Bonchev–Trinajstić information content (AvgIpc) is 2.82. The van der Waals surface area contributed by atoms with Crippen LogP contribution < -0.4 is 4.74 Å². The topological polar surface area (TPSA) is 50.5 Å². The SMILES string of the molecule is COc1ccc(C(C)N(C)Cc2c(C)nn(CCO)c2C)cc1. The van der Waals surface area contributed by atoms with Crippen LogP contribution in [0.2, 0.25) is 0 Å². The first-order valence-corrected chi connectivity index (χ1v) is 7.95. The summed E-state index contributed by atoms with van der Waals surface area (Å²) in [5, 5.41) is 13.6. The summed E-state index contributed by atoms with van der Waals surface area (Å²) in [6.07, 6.45) is 0. The Morgan fingerprint density at radius 1 is 1.26 bits per heavy atom. The third kappa shape index (κ3) is 3.92. The molecular weight excluding hydrogens is 290 g/mol. The molecule has 0 amide bonds. The van der Waals surface area contributed by atoms with E-state index in [2.05, 4.69) is 43.0 Å². The summed E-state index contributed by atoms with van der Waals surface area (Å²) in [6.45, 7) is 7.78. The Hall–Kier alpha value is -1.85. The molecule has 5 nitrogen and oxygen atoms in total. The average molecular weight is 317 g/mol. The molecule has 0 saturated heterocycles. The second kappa shape index (κ2) is 7.62. The van der Waals surface area contributed by atoms with E-state index in [-0.39, 0.29) is 6.61 Å². The highest BCUT2D eigenvalue weighted by atomic mass is 16.5. The number of aliphatic hydroxyl groups excluding tert-OH is 1. The van der Waals surface area contributed by atoms with Crippen LogP contribution in [0.15, 0.2) is 24.3 Å². The largest absolute Gasteiger partial charge is 0.497 e. The summed E-state index contributed by atoms with van der Waals surface area (Å²) < 4.78 is 7.10. The molecule has 0 aliphatic carbocycles. The third-order valence-electron chi connectivity index (χ3n) is 4.51. The molecular formula is C18H27N3O2. The zero-order valence-corrected chi connectivity index (χ0v) is 14.7. The summed E-state index contributed by atoms with van der Waals surface area (Å²) in [7, 11) is 3.80. The lowest BCUT2D eigenvalue weighted by Gasteiger charge is -2.25. The minimum Gasteiger partial charge on any atom is -0.497 e. The van der Waals surface area contributed by atoms with Gasteiger partial charge in [0, 0.05) is 23.8 Å². The predicted octanol–water partition coefficient (Wildman–Crippen LogP) is 2.69. The number of benzene rings is 1. The number of ether oxygens (including phenoxy) is 1. The Bertz CT molecular complexity index is 634. The van der Waals surface area contributed by atoms with E-state index < -0.39 is 0 Å². The number of hydrogen-bond donors (Lipinski definition) is 1. The molecule has 1 unspecified atom stereocenters. The molecule has 1 atom stereocenters. The van der Waals surface area contributed by atoms with Crippen molar-refractivity contribution in [2.75, 3.05) is 20.8 Å². The van der Waals surface area contributed by atoms with Gasteiger partial charge in [-0.05, 0) is 45.5 Å². The van der Waals surface area contributed by atoms with Gasteiger partial charge >= 0.3 is 0 Å². The molecule has 23 heavy (non-hydrogen) atoms. The van der Waals surface area contributed by atoms with Gasteiger partial charge in [0.25, 0.3) is 0 Å². The van der Waals surface area contributed by atoms with E-state index in [4.69, 9.17) is 9.84 Å². The Kier molecular flexibility index (Phi) is 5.80. The van der Waals surface area contributed by atoms with Crippen LogP contribution in [-0.4, -0.2) is 40.6 Å². The van der Waals surface area contributed by atoms with Crippen molar-refractivity contribution in [3.63, 3.8) is 0 Å². The Labute approximate surface area is 138 Å². The molecule has 0 aliphatic rings. The van der Waals surface area contributed by atoms with Gasteiger partial charge in [-0.2, -0.15) is 5.10 Å². The van der Waals surface area contributed by atoms with Crippen molar-refractivity contribution in [2.45, 2.75) is 39.9 Å². The Morgan fingerprint density at radius 2 is 1.91 bits per heavy atom. The van der Waals surface area contributed by atoms with Crippen LogP contribution >= 0.6 is 0 Å². The van der Waals surface area contributed by atoms with Crippen molar-refractivity contribution in [1.29, 1.82) is 0 Å². The van der Waals surface area contributed by atoms with Gasteiger partial charge in [-0.3, -0.25) is 9.58 Å². The Morgan fingerprint density at radius 3 is 2.48 bits per heavy atom. The van der Waals surface area contributed by atoms with Gasteiger partial charge in [0.15, 0.2) is 0 Å². The van der Waals surface area contributed by atoms with Crippen molar-refractivity contribution in [2.24, 2.45) is 0 Å². The summed E-state index contributed by atoms with van der Waals surface area (Å²) in [5.74, 6) is 0.876. The van der Waals surface area contributed by atoms with Gasteiger partial charge in [0.1, 0.15) is 5.75 Å². The third-order valence-corrected chi connectivity index (χ3v) is 4.51. The first kappa shape index (κ1) is 17.5. The van der Waals surface area contributed by atoms with Crippen LogP contribution in [-0.2, 0) is 13.1 Å². The van der Waals surface area contributed by atoms with Crippen LogP contribution in [0.4, 0.5) is 0 Å². The summed E-state index contributed by atoms with van der Waals surface area (Å²) in [4.78, 5) is 2.31. The number of methoxy groups -OCH3 is 1. The molecule has 0 aliphatic heterocycles. The minimum atomic E-state index is 0.111. The molecule has 1 N–H and O–H groups in total. The smallest absolute Gasteiger partial charge is 0.118 e. The molecule has 1 aromatic carbocycles. The molecule has 0 spiro atoms. The van der Waals surface area contributed by atoms with Crippen molar-refractivity contribution in [3.8, 4) is 5.75 Å². The van der Waals surface area contributed by atoms with E-state index in [0.29, 0.717) is 12.6 Å². The van der Waals surface area contributed by atoms with Crippen LogP contribution in [0.5, 0.6) is 5.75 Å². The zero-order chi connectivity index (χ0) is 17.0. The van der Waals surface area contributed by atoms with Gasteiger partial charge < -0.3 is 9.84 Å². The molecule has 2 rings (SSSR count). The van der Waals surface area contributed by atoms with Crippen molar-refractivity contribution in [1.82, 2.24) is 14.7 Å². The molecule has 1 aromatic heterocycles. The normalized spacial score (nSPS) is 12.7. The van der Waals surface area contributed by atoms with Crippen molar-refractivity contribution >= 4 is 0 Å². The first-order chi connectivity index (χ1) is 11.0. The van der Waals surface area contributed by atoms with E-state index in [0.717, 1.165) is 23.7 Å². The van der Waals surface area contributed by atoms with Gasteiger partial charge in [0.2, 0.25) is 0 Å². The molecule has 2 aromatic rings. The Balaban J connectivity index is 2.12. The molecule has 1 heterocycles. The van der Waals surface area contributed by atoms with Crippen LogP contribution in [0.3, 0.4) is 0 Å². The van der Waals surface area contributed by atoms with Crippen molar-refractivity contribution < 1.29 is 9.84 Å². The fourth-order valence-electron chi connectivity index (χ4n) is 2.80. The lowest BCUT2D eigenvalue weighted by molar-refractivity contribution is 0.251. The number of rotatable bonds is 7. The highest BCUT2D eigenvalue weighted by Crippen LogP contribution is 2.24. The summed E-state index contributed by atoms with van der Waals surface area (Å²) in [5.41, 5.74) is 4.66. The predicted molar refractivity (Wildman–Crippen MR) is 91.7 cm³/mol. The van der Waals surface area contributed by atoms with Crippen LogP contribution in [0, 0.1) is 13.8 Å². The maximum Gasteiger partial charge on any atom is 0.118 e. The van der Waals surface area contributed by atoms with E-state index in [1.165, 1.54) is 11.1 Å². The lowest BCUT2D eigenvalue weighted by Crippen LogP contribution is -2.22. The summed E-state index contributed by atoms with van der Waals surface area (Å²) in [6, 6.07) is 8.50. The van der Waals surface area contributed by atoms with Gasteiger partial charge in [-0.25, -0.2) is 0 Å². The first-order valence-electron chi connectivity index (χ1n) is 7.95. The van der Waals surface area contributed by atoms with E-state index >= 15 is 0 Å². The molecule has 0 bridgehead atoms. The minimum absolute atomic E-state index is 0.111. The highest BCUT2D eigenvalue weighted by molar-refractivity contribution is 5.29. The number of aliphatic hydroxyl groups is 1. The van der Waals surface area contributed by atoms with Crippen LogP contribution in [0.25, 0.3) is 0 Å². The number of nitrogens with zero attached hydrogens (tertiary/aromatic N) is 3. The number of aromatic nitrogens is 2. The van der Waals surface area contributed by atoms with E-state index in [9.17, 15) is 0 Å². The fraction of sp³-hybridized carbons (Fsp3) is 0.500. The van der Waals surface area contributed by atoms with E-state index in [1.807, 2.05) is 23.7 Å². The molecule has 0 radical (unpaired) electrons. The lowest BCUT2D eigenvalue weighted by atomic mass is 10.1. The van der Waals surface area contributed by atoms with Gasteiger partial charge in [-0.1, -0.05) is 12.1 Å². The second-order valence-electron chi connectivity index (χ2n) is 5.96. The number of hydrogen-bond acceptors (Lipinski definition) is 4. The monoisotopic (exact) mass is 317 g/mol. The van der Waals surface area contributed by atoms with Crippen molar-refractivity contribution in [3.05, 3.63) is 46.8 Å². The maximum absolute atomic E-state index is 9.12.